The van der Waals surface area contributed by atoms with Gasteiger partial charge in [0.2, 0.25) is 0 Å². The van der Waals surface area contributed by atoms with Crippen molar-refractivity contribution in [1.82, 2.24) is 0 Å². The number of hydrogen-bond donors (Lipinski definition) is 2. The van der Waals surface area contributed by atoms with Gasteiger partial charge in [-0.15, -0.1) is 0 Å². The molecule has 2 heteroatoms. The highest BCUT2D eigenvalue weighted by atomic mass is 15.3. The average Bonchev–Trinajstić information content (AvgIpc) is 2.63. The van der Waals surface area contributed by atoms with Crippen molar-refractivity contribution in [2.45, 2.75) is 52.5 Å². The van der Waals surface area contributed by atoms with Gasteiger partial charge in [0.1, 0.15) is 26.2 Å². The van der Waals surface area contributed by atoms with E-state index in [1.807, 2.05) is 4.90 Å². The molecule has 1 heterocycles. The van der Waals surface area contributed by atoms with Gasteiger partial charge >= 0.3 is 0 Å². The molecule has 2 N–H and O–H groups in total. The van der Waals surface area contributed by atoms with Crippen LogP contribution in [0.2, 0.25) is 0 Å². The molecule has 0 spiro atoms. The summed E-state index contributed by atoms with van der Waals surface area (Å²) in [6, 6.07) is 11.6. The Kier molecular flexibility index (Phi) is 6.35. The van der Waals surface area contributed by atoms with Crippen LogP contribution >= 0.6 is 0 Å². The summed E-state index contributed by atoms with van der Waals surface area (Å²) in [7, 11) is 0. The molecule has 1 aliphatic carbocycles. The minimum atomic E-state index is 0.508. The van der Waals surface area contributed by atoms with Crippen LogP contribution in [-0.4, -0.2) is 38.8 Å². The molecule has 1 aromatic rings. The maximum absolute atomic E-state index is 2.43. The van der Waals surface area contributed by atoms with Crippen molar-refractivity contribution in [2.24, 2.45) is 11.3 Å². The van der Waals surface area contributed by atoms with Crippen LogP contribution < -0.4 is 9.80 Å². The van der Waals surface area contributed by atoms with Gasteiger partial charge in [-0.25, -0.2) is 0 Å². The molecule has 25 heavy (non-hydrogen) atoms. The van der Waals surface area contributed by atoms with E-state index < -0.39 is 0 Å². The van der Waals surface area contributed by atoms with Crippen LogP contribution in [-0.2, 0) is 0 Å². The zero-order valence-electron chi connectivity index (χ0n) is 16.6. The van der Waals surface area contributed by atoms with Crippen LogP contribution in [0.1, 0.15) is 52.0 Å². The molecule has 0 unspecified atom stereocenters. The van der Waals surface area contributed by atoms with Crippen LogP contribution in [0.25, 0.3) is 6.08 Å². The van der Waals surface area contributed by atoms with Crippen molar-refractivity contribution in [3.05, 3.63) is 42.0 Å². The molecule has 0 aromatic heterocycles. The lowest BCUT2D eigenvalue weighted by molar-refractivity contribution is -1.02. The molecule has 3 rings (SSSR count). The molecule has 2 fully saturated rings. The SMILES string of the molecule is CC(C)(C)C1CCC([NH+]2CC[NH+](C/C=C/c3ccccc3)CC2)CC1. The second-order valence-corrected chi connectivity index (χ2v) is 9.34. The Hall–Kier alpha value is -1.12. The number of nitrogens with one attached hydrogen (secondary N) is 2. The van der Waals surface area contributed by atoms with Gasteiger partial charge in [-0.2, -0.15) is 0 Å². The topological polar surface area (TPSA) is 8.88 Å². The van der Waals surface area contributed by atoms with E-state index in [4.69, 9.17) is 0 Å². The summed E-state index contributed by atoms with van der Waals surface area (Å²) < 4.78 is 0. The summed E-state index contributed by atoms with van der Waals surface area (Å²) in [6.07, 6.45) is 10.5. The highest BCUT2D eigenvalue weighted by Crippen LogP contribution is 2.37. The lowest BCUT2D eigenvalue weighted by Crippen LogP contribution is -3.29. The Labute approximate surface area is 154 Å². The molecular weight excluding hydrogens is 304 g/mol. The fourth-order valence-electron chi connectivity index (χ4n) is 4.83. The fourth-order valence-corrected chi connectivity index (χ4v) is 4.83. The normalized spacial score (nSPS) is 31.3. The molecule has 0 amide bonds. The molecule has 138 valence electrons. The summed E-state index contributed by atoms with van der Waals surface area (Å²) in [4.78, 5) is 3.67. The third-order valence-corrected chi connectivity index (χ3v) is 6.65. The van der Waals surface area contributed by atoms with E-state index >= 15 is 0 Å². The number of hydrogen-bond acceptors (Lipinski definition) is 0. The molecule has 1 aromatic carbocycles. The minimum absolute atomic E-state index is 0.508. The maximum atomic E-state index is 2.43. The van der Waals surface area contributed by atoms with Crippen LogP contribution in [0.5, 0.6) is 0 Å². The van der Waals surface area contributed by atoms with Crippen LogP contribution in [0.15, 0.2) is 36.4 Å². The van der Waals surface area contributed by atoms with Gasteiger partial charge in [-0.3, -0.25) is 0 Å². The maximum Gasteiger partial charge on any atom is 0.127 e. The first-order valence-electron chi connectivity index (χ1n) is 10.4. The highest BCUT2D eigenvalue weighted by molar-refractivity contribution is 5.48. The monoisotopic (exact) mass is 342 g/mol. The third kappa shape index (κ3) is 5.43. The van der Waals surface area contributed by atoms with Crippen molar-refractivity contribution in [2.75, 3.05) is 32.7 Å². The first-order valence-corrected chi connectivity index (χ1v) is 10.4. The van der Waals surface area contributed by atoms with Gasteiger partial charge in [0.05, 0.1) is 12.6 Å². The van der Waals surface area contributed by atoms with Crippen molar-refractivity contribution in [3.63, 3.8) is 0 Å². The molecule has 0 bridgehead atoms. The average molecular weight is 343 g/mol. The van der Waals surface area contributed by atoms with E-state index in [9.17, 15) is 0 Å². The standard InChI is InChI=1S/C23H36N2/c1-23(2,3)21-11-13-22(14-12-21)25-18-16-24(17-19-25)15-7-10-20-8-5-4-6-9-20/h4-10,21-22H,11-19H2,1-3H3/p+2/b10-7+. The highest BCUT2D eigenvalue weighted by Gasteiger charge is 2.35. The Morgan fingerprint density at radius 3 is 2.16 bits per heavy atom. The first kappa shape index (κ1) is 18.7. The number of quaternary nitrogens is 2. The minimum Gasteiger partial charge on any atom is -0.323 e. The number of rotatable bonds is 4. The van der Waals surface area contributed by atoms with E-state index in [0.29, 0.717) is 5.41 Å². The largest absolute Gasteiger partial charge is 0.323 e. The zero-order valence-corrected chi connectivity index (χ0v) is 16.6. The van der Waals surface area contributed by atoms with Crippen molar-refractivity contribution < 1.29 is 9.80 Å². The summed E-state index contributed by atoms with van der Waals surface area (Å²) in [5, 5.41) is 0. The predicted molar refractivity (Wildman–Crippen MR) is 107 cm³/mol. The van der Waals surface area contributed by atoms with Crippen LogP contribution in [0.3, 0.4) is 0 Å². The van der Waals surface area contributed by atoms with Crippen LogP contribution in [0.4, 0.5) is 0 Å². The Morgan fingerprint density at radius 2 is 1.56 bits per heavy atom. The number of piperazine rings is 1. The Morgan fingerprint density at radius 1 is 0.920 bits per heavy atom. The van der Waals surface area contributed by atoms with E-state index in [0.717, 1.165) is 12.0 Å². The van der Waals surface area contributed by atoms with Gasteiger partial charge < -0.3 is 9.80 Å². The molecule has 2 nitrogen and oxygen atoms in total. The predicted octanol–water partition coefficient (Wildman–Crippen LogP) is 2.09. The van der Waals surface area contributed by atoms with Crippen molar-refractivity contribution in [1.29, 1.82) is 0 Å². The summed E-state index contributed by atoms with van der Waals surface area (Å²) in [5.41, 5.74) is 1.83. The second-order valence-electron chi connectivity index (χ2n) is 9.34. The van der Waals surface area contributed by atoms with E-state index in [-0.39, 0.29) is 0 Å². The van der Waals surface area contributed by atoms with Gasteiger partial charge in [0.15, 0.2) is 0 Å². The molecule has 0 radical (unpaired) electrons. The Balaban J connectivity index is 1.38. The summed E-state index contributed by atoms with van der Waals surface area (Å²) in [5.74, 6) is 0.943. The molecule has 0 atom stereocenters. The quantitative estimate of drug-likeness (QED) is 0.829. The summed E-state index contributed by atoms with van der Waals surface area (Å²) >= 11 is 0. The van der Waals surface area contributed by atoms with E-state index in [2.05, 4.69) is 63.3 Å². The summed E-state index contributed by atoms with van der Waals surface area (Å²) in [6.45, 7) is 13.9. The molecule has 1 saturated carbocycles. The number of benzene rings is 1. The third-order valence-electron chi connectivity index (χ3n) is 6.65. The van der Waals surface area contributed by atoms with Crippen molar-refractivity contribution in [3.8, 4) is 0 Å². The van der Waals surface area contributed by atoms with Crippen molar-refractivity contribution >= 4 is 6.08 Å². The second kappa shape index (κ2) is 8.51. The molecule has 2 aliphatic rings. The van der Waals surface area contributed by atoms with Gasteiger partial charge in [0, 0.05) is 0 Å². The van der Waals surface area contributed by atoms with Crippen LogP contribution in [0, 0.1) is 11.3 Å². The first-order chi connectivity index (χ1) is 12.0. The molecule has 1 aliphatic heterocycles. The smallest absolute Gasteiger partial charge is 0.127 e. The fraction of sp³-hybridized carbons (Fsp3) is 0.652. The lowest BCUT2D eigenvalue weighted by Gasteiger charge is -2.41. The van der Waals surface area contributed by atoms with E-state index in [1.54, 1.807) is 4.90 Å². The Bertz CT molecular complexity index is 527. The van der Waals surface area contributed by atoms with Gasteiger partial charge in [0.25, 0.3) is 0 Å². The lowest BCUT2D eigenvalue weighted by atomic mass is 9.71. The van der Waals surface area contributed by atoms with Gasteiger partial charge in [-0.05, 0) is 48.7 Å². The van der Waals surface area contributed by atoms with Gasteiger partial charge in [-0.1, -0.05) is 57.2 Å². The molecular formula is C23H38N2+2. The zero-order chi connectivity index (χ0) is 17.7. The molecule has 1 saturated heterocycles. The van der Waals surface area contributed by atoms with E-state index in [1.165, 1.54) is 64.0 Å².